The van der Waals surface area contributed by atoms with Crippen LogP contribution in [0.4, 0.5) is 4.39 Å². The molecule has 2 aromatic carbocycles. The molecular weight excluding hydrogens is 343 g/mol. The lowest BCUT2D eigenvalue weighted by Crippen LogP contribution is -2.54. The number of hydrogen-bond donors (Lipinski definition) is 1. The number of alkyl halides is 1. The van der Waals surface area contributed by atoms with Gasteiger partial charge in [-0.05, 0) is 24.3 Å². The first-order valence-electron chi connectivity index (χ1n) is 8.02. The van der Waals surface area contributed by atoms with E-state index in [0.29, 0.717) is 0 Å². The fourth-order valence-electron chi connectivity index (χ4n) is 2.54. The van der Waals surface area contributed by atoms with Crippen molar-refractivity contribution in [2.24, 2.45) is 0 Å². The van der Waals surface area contributed by atoms with Crippen molar-refractivity contribution in [3.8, 4) is 0 Å². The lowest BCUT2D eigenvalue weighted by molar-refractivity contribution is -0.224. The Kier molecular flexibility index (Phi) is 5.60. The molecule has 4 atom stereocenters. The van der Waals surface area contributed by atoms with Crippen LogP contribution in [0.1, 0.15) is 20.7 Å². The number of hydrogen-bond acceptors (Lipinski definition) is 6. The highest BCUT2D eigenvalue weighted by Gasteiger charge is 2.44. The Morgan fingerprint density at radius 1 is 0.923 bits per heavy atom. The average molecular weight is 360 g/mol. The molecule has 2 aromatic rings. The average Bonchev–Trinajstić information content (AvgIpc) is 2.68. The normalized spacial score (nSPS) is 25.3. The first kappa shape index (κ1) is 18.0. The van der Waals surface area contributed by atoms with E-state index >= 15 is 0 Å². The molecule has 1 fully saturated rings. The van der Waals surface area contributed by atoms with Gasteiger partial charge in [0.2, 0.25) is 6.36 Å². The molecule has 1 N–H and O–H groups in total. The lowest BCUT2D eigenvalue weighted by atomic mass is 10.0. The maximum atomic E-state index is 13.7. The van der Waals surface area contributed by atoms with Crippen molar-refractivity contribution < 1.29 is 33.3 Å². The zero-order valence-electron chi connectivity index (χ0n) is 13.7. The Balaban J connectivity index is 1.74. The summed E-state index contributed by atoms with van der Waals surface area (Å²) in [4.78, 5) is 24.4. The van der Waals surface area contributed by atoms with Gasteiger partial charge in [0.1, 0.15) is 0 Å². The summed E-state index contributed by atoms with van der Waals surface area (Å²) >= 11 is 0. The van der Waals surface area contributed by atoms with Crippen LogP contribution < -0.4 is 0 Å². The molecule has 1 saturated heterocycles. The van der Waals surface area contributed by atoms with Gasteiger partial charge in [-0.3, -0.25) is 0 Å². The fourth-order valence-corrected chi connectivity index (χ4v) is 2.54. The van der Waals surface area contributed by atoms with Crippen LogP contribution >= 0.6 is 0 Å². The standard InChI is InChI=1S/C19H17FO6/c20-17-15(21)16(26-19(23)13-9-5-2-6-10-13)14(11-24-17)25-18(22)12-7-3-1-4-8-12/h1-10,14-17,21H,11H2/t14-,15+,16+,17+/m0/s1. The summed E-state index contributed by atoms with van der Waals surface area (Å²) in [6.45, 7) is -0.344. The molecule has 1 aliphatic rings. The summed E-state index contributed by atoms with van der Waals surface area (Å²) in [5.74, 6) is -1.45. The number of esters is 2. The van der Waals surface area contributed by atoms with Crippen molar-refractivity contribution in [3.63, 3.8) is 0 Å². The molecule has 0 bridgehead atoms. The highest BCUT2D eigenvalue weighted by Crippen LogP contribution is 2.23. The number of halogens is 1. The molecule has 0 unspecified atom stereocenters. The summed E-state index contributed by atoms with van der Waals surface area (Å²) in [5, 5.41) is 10.0. The first-order valence-corrected chi connectivity index (χ1v) is 8.02. The third-order valence-corrected chi connectivity index (χ3v) is 3.91. The van der Waals surface area contributed by atoms with E-state index in [2.05, 4.69) is 0 Å². The Hall–Kier alpha value is -2.77. The number of aliphatic hydroxyl groups excluding tert-OH is 1. The zero-order valence-corrected chi connectivity index (χ0v) is 13.7. The minimum absolute atomic E-state index is 0.231. The van der Waals surface area contributed by atoms with Gasteiger partial charge in [0, 0.05) is 0 Å². The van der Waals surface area contributed by atoms with Crippen LogP contribution in [0, 0.1) is 0 Å². The molecule has 1 heterocycles. The Labute approximate surface area is 149 Å². The van der Waals surface area contributed by atoms with Gasteiger partial charge in [-0.1, -0.05) is 36.4 Å². The van der Waals surface area contributed by atoms with Crippen LogP contribution in [0.2, 0.25) is 0 Å². The van der Waals surface area contributed by atoms with Crippen LogP contribution in [0.5, 0.6) is 0 Å². The van der Waals surface area contributed by atoms with Crippen LogP contribution in [0.15, 0.2) is 60.7 Å². The van der Waals surface area contributed by atoms with Gasteiger partial charge in [-0.2, -0.15) is 0 Å². The Morgan fingerprint density at radius 2 is 1.42 bits per heavy atom. The van der Waals surface area contributed by atoms with Gasteiger partial charge >= 0.3 is 11.9 Å². The molecule has 0 radical (unpaired) electrons. The van der Waals surface area contributed by atoms with E-state index in [1.807, 2.05) is 0 Å². The zero-order chi connectivity index (χ0) is 18.5. The van der Waals surface area contributed by atoms with Crippen LogP contribution in [0.25, 0.3) is 0 Å². The predicted molar refractivity (Wildman–Crippen MR) is 88.1 cm³/mol. The minimum Gasteiger partial charge on any atom is -0.452 e. The van der Waals surface area contributed by atoms with E-state index in [1.54, 1.807) is 48.5 Å². The molecular formula is C19H17FO6. The van der Waals surface area contributed by atoms with Crippen LogP contribution in [-0.2, 0) is 14.2 Å². The second kappa shape index (κ2) is 8.07. The maximum absolute atomic E-state index is 13.7. The molecule has 6 nitrogen and oxygen atoms in total. The smallest absolute Gasteiger partial charge is 0.338 e. The summed E-state index contributed by atoms with van der Waals surface area (Å²) in [7, 11) is 0. The summed E-state index contributed by atoms with van der Waals surface area (Å²) in [6.07, 6.45) is -6.35. The largest absolute Gasteiger partial charge is 0.452 e. The molecule has 0 amide bonds. The van der Waals surface area contributed by atoms with Gasteiger partial charge in [-0.25, -0.2) is 14.0 Å². The minimum atomic E-state index is -2.05. The molecule has 136 valence electrons. The number of carbonyl (C=O) groups is 2. The van der Waals surface area contributed by atoms with Gasteiger partial charge < -0.3 is 19.3 Å². The highest BCUT2D eigenvalue weighted by molar-refractivity contribution is 5.90. The molecule has 0 saturated carbocycles. The van der Waals surface area contributed by atoms with Crippen molar-refractivity contribution in [2.75, 3.05) is 6.61 Å². The highest BCUT2D eigenvalue weighted by atomic mass is 19.1. The third-order valence-electron chi connectivity index (χ3n) is 3.91. The second-order valence-electron chi connectivity index (χ2n) is 5.72. The maximum Gasteiger partial charge on any atom is 0.338 e. The predicted octanol–water partition coefficient (Wildman–Crippen LogP) is 2.12. The van der Waals surface area contributed by atoms with E-state index in [-0.39, 0.29) is 17.7 Å². The molecule has 0 aromatic heterocycles. The van der Waals surface area contributed by atoms with Crippen molar-refractivity contribution in [1.82, 2.24) is 0 Å². The topological polar surface area (TPSA) is 82.1 Å². The molecule has 0 aliphatic carbocycles. The monoisotopic (exact) mass is 360 g/mol. The van der Waals surface area contributed by atoms with E-state index in [0.717, 1.165) is 0 Å². The van der Waals surface area contributed by atoms with Crippen molar-refractivity contribution in [2.45, 2.75) is 24.7 Å². The van der Waals surface area contributed by atoms with Gasteiger partial charge in [0.25, 0.3) is 0 Å². The number of aliphatic hydroxyl groups is 1. The van der Waals surface area contributed by atoms with Crippen LogP contribution in [0.3, 0.4) is 0 Å². The lowest BCUT2D eigenvalue weighted by Gasteiger charge is -2.35. The van der Waals surface area contributed by atoms with Gasteiger partial charge in [0.05, 0.1) is 17.7 Å². The third kappa shape index (κ3) is 4.07. The van der Waals surface area contributed by atoms with Crippen LogP contribution in [-0.4, -0.2) is 48.3 Å². The summed E-state index contributed by atoms with van der Waals surface area (Å²) in [5.41, 5.74) is 0.507. The van der Waals surface area contributed by atoms with Crippen molar-refractivity contribution in [3.05, 3.63) is 71.8 Å². The van der Waals surface area contributed by atoms with Crippen molar-refractivity contribution in [1.29, 1.82) is 0 Å². The molecule has 3 rings (SSSR count). The quantitative estimate of drug-likeness (QED) is 0.841. The summed E-state index contributed by atoms with van der Waals surface area (Å²) < 4.78 is 29.0. The molecule has 7 heteroatoms. The fraction of sp³-hybridized carbons (Fsp3) is 0.263. The number of benzene rings is 2. The van der Waals surface area contributed by atoms with E-state index in [1.165, 1.54) is 12.1 Å². The van der Waals surface area contributed by atoms with Crippen molar-refractivity contribution >= 4 is 11.9 Å². The molecule has 26 heavy (non-hydrogen) atoms. The van der Waals surface area contributed by atoms with E-state index in [9.17, 15) is 19.1 Å². The number of ether oxygens (including phenoxy) is 3. The van der Waals surface area contributed by atoms with Gasteiger partial charge in [-0.15, -0.1) is 0 Å². The molecule has 1 aliphatic heterocycles. The molecule has 0 spiro atoms. The number of carbonyl (C=O) groups excluding carboxylic acids is 2. The SMILES string of the molecule is O=C(O[C@H]1[C@@H](O)[C@H](F)OC[C@@H]1OC(=O)c1ccccc1)c1ccccc1. The van der Waals surface area contributed by atoms with Gasteiger partial charge in [0.15, 0.2) is 18.3 Å². The second-order valence-corrected chi connectivity index (χ2v) is 5.72. The Bertz CT molecular complexity index is 751. The first-order chi connectivity index (χ1) is 12.6. The van der Waals surface area contributed by atoms with E-state index in [4.69, 9.17) is 14.2 Å². The number of rotatable bonds is 4. The summed E-state index contributed by atoms with van der Waals surface area (Å²) in [6, 6.07) is 16.2. The van der Waals surface area contributed by atoms with E-state index < -0.39 is 36.6 Å². The Morgan fingerprint density at radius 3 is 1.96 bits per heavy atom.